The number of nitrogens with one attached hydrogen (secondary N) is 1. The molecule has 1 heterocycles. The van der Waals surface area contributed by atoms with Gasteiger partial charge >= 0.3 is 5.97 Å². The first-order chi connectivity index (χ1) is 11.6. The Hall–Kier alpha value is -1.85. The highest BCUT2D eigenvalue weighted by Crippen LogP contribution is 2.35. The third-order valence-corrected chi connectivity index (χ3v) is 4.81. The van der Waals surface area contributed by atoms with Crippen molar-refractivity contribution in [1.82, 2.24) is 0 Å². The van der Waals surface area contributed by atoms with Gasteiger partial charge in [0.25, 0.3) is 5.91 Å². The summed E-state index contributed by atoms with van der Waals surface area (Å²) in [7, 11) is 0. The summed E-state index contributed by atoms with van der Waals surface area (Å²) in [6.07, 6.45) is 0.688. The third kappa shape index (κ3) is 4.83. The Morgan fingerprint density at radius 1 is 1.20 bits per heavy atom. The average Bonchev–Trinajstić information content (AvgIpc) is 2.81. The number of esters is 1. The van der Waals surface area contributed by atoms with Crippen LogP contribution in [0.3, 0.4) is 0 Å². The first-order valence-electron chi connectivity index (χ1n) is 8.05. The highest BCUT2D eigenvalue weighted by atomic mass is 35.5. The molecule has 25 heavy (non-hydrogen) atoms. The largest absolute Gasteiger partial charge is 0.456 e. The summed E-state index contributed by atoms with van der Waals surface area (Å²) >= 11 is 7.24. The van der Waals surface area contributed by atoms with E-state index < -0.39 is 11.6 Å². The lowest BCUT2D eigenvalue weighted by Gasteiger charge is -2.20. The zero-order valence-electron chi connectivity index (χ0n) is 15.0. The summed E-state index contributed by atoms with van der Waals surface area (Å²) in [5, 5.41) is 3.92. The van der Waals surface area contributed by atoms with Gasteiger partial charge in [-0.25, -0.2) is 4.79 Å². The predicted molar refractivity (Wildman–Crippen MR) is 103 cm³/mol. The number of carbonyl (C=O) groups is 2. The number of anilines is 1. The fourth-order valence-electron chi connectivity index (χ4n) is 2.41. The summed E-state index contributed by atoms with van der Waals surface area (Å²) in [5.41, 5.74) is 1.23. The van der Waals surface area contributed by atoms with Crippen LogP contribution >= 0.6 is 22.9 Å². The van der Waals surface area contributed by atoms with Gasteiger partial charge in [-0.15, -0.1) is 11.3 Å². The molecule has 6 heteroatoms. The fraction of sp³-hybridized carbons (Fsp3) is 0.368. The molecular formula is C19H22ClNO3S. The summed E-state index contributed by atoms with van der Waals surface area (Å²) in [6.45, 7) is 9.38. The van der Waals surface area contributed by atoms with Gasteiger partial charge < -0.3 is 10.1 Å². The first kappa shape index (κ1) is 19.5. The van der Waals surface area contributed by atoms with Gasteiger partial charge in [0.15, 0.2) is 0 Å². The minimum absolute atomic E-state index is 0.287. The van der Waals surface area contributed by atoms with Crippen LogP contribution in [0, 0.1) is 6.92 Å². The number of thiophene rings is 1. The summed E-state index contributed by atoms with van der Waals surface area (Å²) in [4.78, 5) is 26.1. The van der Waals surface area contributed by atoms with E-state index in [0.29, 0.717) is 27.6 Å². The van der Waals surface area contributed by atoms with Crippen LogP contribution in [0.2, 0.25) is 5.02 Å². The number of halogens is 1. The third-order valence-electron chi connectivity index (χ3n) is 3.50. The van der Waals surface area contributed by atoms with Crippen LogP contribution < -0.4 is 5.32 Å². The van der Waals surface area contributed by atoms with Gasteiger partial charge in [-0.05, 0) is 63.9 Å². The van der Waals surface area contributed by atoms with Crippen molar-refractivity contribution in [3.63, 3.8) is 0 Å². The van der Waals surface area contributed by atoms with E-state index >= 15 is 0 Å². The second kappa shape index (κ2) is 7.58. The van der Waals surface area contributed by atoms with Gasteiger partial charge in [0.2, 0.25) is 0 Å². The standard InChI is InChI=1S/C19H22ClNO3S/c1-6-14-11(2)25-17(15(14)18(23)24-19(3,4)5)21-16(22)12-7-9-13(20)10-8-12/h7-10H,6H2,1-5H3,(H,21,22). The summed E-state index contributed by atoms with van der Waals surface area (Å²) < 4.78 is 5.52. The molecule has 0 aliphatic carbocycles. The monoisotopic (exact) mass is 379 g/mol. The summed E-state index contributed by atoms with van der Waals surface area (Å²) in [6, 6.07) is 6.60. The molecule has 0 saturated heterocycles. The van der Waals surface area contributed by atoms with Crippen molar-refractivity contribution in [2.45, 2.75) is 46.6 Å². The fourth-order valence-corrected chi connectivity index (χ4v) is 3.67. The molecule has 1 amide bonds. The van der Waals surface area contributed by atoms with Crippen molar-refractivity contribution in [1.29, 1.82) is 0 Å². The number of rotatable bonds is 4. The number of carbonyl (C=O) groups excluding carboxylic acids is 2. The van der Waals surface area contributed by atoms with Crippen LogP contribution in [0.4, 0.5) is 5.00 Å². The van der Waals surface area contributed by atoms with E-state index in [1.807, 2.05) is 34.6 Å². The molecule has 0 aliphatic heterocycles. The molecule has 2 rings (SSSR count). The lowest BCUT2D eigenvalue weighted by atomic mass is 10.1. The normalized spacial score (nSPS) is 11.3. The molecule has 1 aromatic carbocycles. The van der Waals surface area contributed by atoms with E-state index in [1.165, 1.54) is 11.3 Å². The van der Waals surface area contributed by atoms with Crippen LogP contribution in [0.15, 0.2) is 24.3 Å². The number of amides is 1. The zero-order chi connectivity index (χ0) is 18.8. The van der Waals surface area contributed by atoms with E-state index in [2.05, 4.69) is 5.32 Å². The molecule has 2 aromatic rings. The van der Waals surface area contributed by atoms with Crippen LogP contribution in [0.1, 0.15) is 58.9 Å². The van der Waals surface area contributed by atoms with E-state index in [9.17, 15) is 9.59 Å². The molecule has 4 nitrogen and oxygen atoms in total. The van der Waals surface area contributed by atoms with Gasteiger partial charge in [-0.3, -0.25) is 4.79 Å². The Morgan fingerprint density at radius 3 is 2.32 bits per heavy atom. The van der Waals surface area contributed by atoms with E-state index in [-0.39, 0.29) is 5.91 Å². The molecule has 0 spiro atoms. The molecule has 1 aromatic heterocycles. The van der Waals surface area contributed by atoms with Gasteiger partial charge in [0.1, 0.15) is 10.6 Å². The highest BCUT2D eigenvalue weighted by molar-refractivity contribution is 7.16. The van der Waals surface area contributed by atoms with Crippen molar-refractivity contribution in [3.8, 4) is 0 Å². The SMILES string of the molecule is CCc1c(C)sc(NC(=O)c2ccc(Cl)cc2)c1C(=O)OC(C)(C)C. The zero-order valence-corrected chi connectivity index (χ0v) is 16.6. The Kier molecular flexibility index (Phi) is 5.91. The predicted octanol–water partition coefficient (Wildman–Crippen LogP) is 5.48. The smallest absolute Gasteiger partial charge is 0.341 e. The molecular weight excluding hydrogens is 358 g/mol. The van der Waals surface area contributed by atoms with Crippen LogP contribution in [-0.4, -0.2) is 17.5 Å². The maximum absolute atomic E-state index is 12.7. The molecule has 0 saturated carbocycles. The van der Waals surface area contributed by atoms with Crippen molar-refractivity contribution in [2.24, 2.45) is 0 Å². The Bertz CT molecular complexity index is 788. The van der Waals surface area contributed by atoms with Crippen LogP contribution in [0.25, 0.3) is 0 Å². The van der Waals surface area contributed by atoms with Gasteiger partial charge in [0.05, 0.1) is 5.56 Å². The highest BCUT2D eigenvalue weighted by Gasteiger charge is 2.27. The molecule has 1 N–H and O–H groups in total. The maximum atomic E-state index is 12.7. The van der Waals surface area contributed by atoms with Gasteiger partial charge in [0, 0.05) is 15.5 Å². The molecule has 134 valence electrons. The average molecular weight is 380 g/mol. The van der Waals surface area contributed by atoms with E-state index in [4.69, 9.17) is 16.3 Å². The Labute approximate surface area is 157 Å². The Morgan fingerprint density at radius 2 is 1.80 bits per heavy atom. The molecule has 0 fully saturated rings. The number of benzene rings is 1. The first-order valence-corrected chi connectivity index (χ1v) is 9.24. The van der Waals surface area contributed by atoms with Crippen LogP contribution in [0.5, 0.6) is 0 Å². The second-order valence-corrected chi connectivity index (χ2v) is 8.32. The molecule has 0 radical (unpaired) electrons. The van der Waals surface area contributed by atoms with Crippen molar-refractivity contribution in [3.05, 3.63) is 50.9 Å². The molecule has 0 unspecified atom stereocenters. The van der Waals surface area contributed by atoms with E-state index in [1.54, 1.807) is 24.3 Å². The van der Waals surface area contributed by atoms with Crippen molar-refractivity contribution >= 4 is 39.8 Å². The minimum atomic E-state index is -0.602. The minimum Gasteiger partial charge on any atom is -0.456 e. The quantitative estimate of drug-likeness (QED) is 0.715. The number of ether oxygens (including phenoxy) is 1. The molecule has 0 aliphatic rings. The lowest BCUT2D eigenvalue weighted by Crippen LogP contribution is -2.25. The van der Waals surface area contributed by atoms with Gasteiger partial charge in [-0.2, -0.15) is 0 Å². The number of hydrogen-bond acceptors (Lipinski definition) is 4. The van der Waals surface area contributed by atoms with E-state index in [0.717, 1.165) is 10.4 Å². The Balaban J connectivity index is 2.35. The van der Waals surface area contributed by atoms with Gasteiger partial charge in [-0.1, -0.05) is 18.5 Å². The molecule has 0 atom stereocenters. The topological polar surface area (TPSA) is 55.4 Å². The number of aryl methyl sites for hydroxylation is 1. The van der Waals surface area contributed by atoms with Crippen molar-refractivity contribution < 1.29 is 14.3 Å². The summed E-state index contributed by atoms with van der Waals surface area (Å²) in [5.74, 6) is -0.703. The van der Waals surface area contributed by atoms with Crippen molar-refractivity contribution in [2.75, 3.05) is 5.32 Å². The lowest BCUT2D eigenvalue weighted by molar-refractivity contribution is 0.00701. The molecule has 0 bridgehead atoms. The second-order valence-electron chi connectivity index (χ2n) is 6.66. The van der Waals surface area contributed by atoms with Crippen LogP contribution in [-0.2, 0) is 11.2 Å². The number of hydrogen-bond donors (Lipinski definition) is 1. The maximum Gasteiger partial charge on any atom is 0.341 e.